The van der Waals surface area contributed by atoms with E-state index in [1.54, 1.807) is 4.68 Å². The summed E-state index contributed by atoms with van der Waals surface area (Å²) in [6.45, 7) is 0.945. The van der Waals surface area contributed by atoms with Gasteiger partial charge in [-0.05, 0) is 5.56 Å². The van der Waals surface area contributed by atoms with Crippen LogP contribution in [0, 0.1) is 0 Å². The van der Waals surface area contributed by atoms with Crippen molar-refractivity contribution in [3.8, 4) is 0 Å². The Kier molecular flexibility index (Phi) is 5.81. The Morgan fingerprint density at radius 3 is 2.20 bits per heavy atom. The van der Waals surface area contributed by atoms with Gasteiger partial charge in [0.05, 0.1) is 6.54 Å². The smallest absolute Gasteiger partial charge is 0.382 e. The van der Waals surface area contributed by atoms with Crippen molar-refractivity contribution in [2.24, 2.45) is 5.73 Å². The van der Waals surface area contributed by atoms with Crippen LogP contribution in [0.4, 0.5) is 5.82 Å². The second-order valence-corrected chi connectivity index (χ2v) is 4.81. The Morgan fingerprint density at radius 2 is 1.75 bits per heavy atom. The van der Waals surface area contributed by atoms with Crippen molar-refractivity contribution >= 4 is 13.6 Å². The number of phosphoric acid groups is 1. The molecule has 2 aromatic rings. The van der Waals surface area contributed by atoms with E-state index >= 15 is 0 Å². The summed E-state index contributed by atoms with van der Waals surface area (Å²) in [5, 5.41) is 7.84. The van der Waals surface area contributed by atoms with Crippen molar-refractivity contribution in [1.29, 1.82) is 0 Å². The zero-order valence-electron chi connectivity index (χ0n) is 10.5. The molecule has 0 fully saturated rings. The number of hydrogen-bond acceptors (Lipinski definition) is 5. The van der Waals surface area contributed by atoms with Gasteiger partial charge in [-0.2, -0.15) is 0 Å². The molecule has 0 aliphatic heterocycles. The first-order valence-electron chi connectivity index (χ1n) is 5.51. The predicted molar refractivity (Wildman–Crippen MR) is 72.1 cm³/mol. The van der Waals surface area contributed by atoms with Gasteiger partial charge in [0.1, 0.15) is 11.5 Å². The van der Waals surface area contributed by atoms with Crippen LogP contribution in [-0.4, -0.2) is 29.7 Å². The lowest BCUT2D eigenvalue weighted by atomic mass is 10.2. The lowest BCUT2D eigenvalue weighted by Crippen LogP contribution is -2.07. The number of benzene rings is 1. The molecule has 1 heterocycles. The minimum atomic E-state index is -4.64. The van der Waals surface area contributed by atoms with Crippen molar-refractivity contribution in [3.05, 3.63) is 41.6 Å². The Bertz CT molecular complexity index is 574. The predicted octanol–water partition coefficient (Wildman–Crippen LogP) is -0.561. The molecule has 110 valence electrons. The summed E-state index contributed by atoms with van der Waals surface area (Å²) in [4.78, 5) is 21.6. The largest absolute Gasteiger partial charge is 0.466 e. The zero-order chi connectivity index (χ0) is 15.2. The molecule has 2 rings (SSSR count). The maximum Gasteiger partial charge on any atom is 0.466 e. The molecule has 0 aliphatic rings. The second-order valence-electron chi connectivity index (χ2n) is 3.78. The average Bonchev–Trinajstić information content (AvgIpc) is 2.70. The van der Waals surface area contributed by atoms with E-state index in [1.807, 2.05) is 30.3 Å². The van der Waals surface area contributed by atoms with E-state index in [9.17, 15) is 0 Å². The van der Waals surface area contributed by atoms with Crippen molar-refractivity contribution in [1.82, 2.24) is 15.0 Å². The molecule has 0 aliphatic carbocycles. The second kappa shape index (κ2) is 7.13. The van der Waals surface area contributed by atoms with Crippen LogP contribution in [0.1, 0.15) is 11.3 Å². The van der Waals surface area contributed by atoms with E-state index in [2.05, 4.69) is 10.3 Å². The highest BCUT2D eigenvalue weighted by Crippen LogP contribution is 2.25. The quantitative estimate of drug-likeness (QED) is 0.471. The van der Waals surface area contributed by atoms with E-state index in [4.69, 9.17) is 30.7 Å². The normalized spacial score (nSPS) is 10.8. The molecule has 1 aromatic heterocycles. The third kappa shape index (κ3) is 5.91. The summed E-state index contributed by atoms with van der Waals surface area (Å²) in [6.07, 6.45) is 0. The Morgan fingerprint density at radius 1 is 1.20 bits per heavy atom. The summed E-state index contributed by atoms with van der Waals surface area (Å²) in [5.74, 6) is 0.543. The number of nitrogens with two attached hydrogens (primary N) is 2. The van der Waals surface area contributed by atoms with Crippen LogP contribution >= 0.6 is 7.82 Å². The van der Waals surface area contributed by atoms with Gasteiger partial charge in [-0.25, -0.2) is 9.25 Å². The van der Waals surface area contributed by atoms with E-state index in [0.717, 1.165) is 5.56 Å². The molecule has 0 amide bonds. The lowest BCUT2D eigenvalue weighted by Gasteiger charge is -2.02. The highest BCUT2D eigenvalue weighted by molar-refractivity contribution is 7.45. The first-order chi connectivity index (χ1) is 9.31. The summed E-state index contributed by atoms with van der Waals surface area (Å²) >= 11 is 0. The molecule has 1 aromatic carbocycles. The molecule has 0 unspecified atom stereocenters. The molecule has 0 bridgehead atoms. The molecule has 0 radical (unpaired) electrons. The van der Waals surface area contributed by atoms with Gasteiger partial charge in [0.15, 0.2) is 0 Å². The lowest BCUT2D eigenvalue weighted by molar-refractivity contribution is 0.275. The number of anilines is 1. The summed E-state index contributed by atoms with van der Waals surface area (Å²) in [5.41, 5.74) is 13.1. The van der Waals surface area contributed by atoms with Gasteiger partial charge in [-0.15, -0.1) is 5.10 Å². The van der Waals surface area contributed by atoms with Gasteiger partial charge in [0.25, 0.3) is 0 Å². The number of hydrogen-bond donors (Lipinski definition) is 5. The maximum absolute atomic E-state index is 8.88. The molecule has 0 atom stereocenters. The van der Waals surface area contributed by atoms with Gasteiger partial charge < -0.3 is 26.1 Å². The molecule has 0 saturated carbocycles. The van der Waals surface area contributed by atoms with E-state index in [1.165, 1.54) is 0 Å². The van der Waals surface area contributed by atoms with E-state index in [-0.39, 0.29) is 0 Å². The standard InChI is InChI=1S/C10H13N5.H3O4P/c11-6-9-10(12)15(14-13-9)7-8-4-2-1-3-5-8;1-5(2,3)4/h1-5H,6-7,11-12H2;(H3,1,2,3,4). The van der Waals surface area contributed by atoms with Gasteiger partial charge in [-0.3, -0.25) is 0 Å². The maximum atomic E-state index is 8.88. The molecule has 0 saturated heterocycles. The van der Waals surface area contributed by atoms with Crippen molar-refractivity contribution in [2.75, 3.05) is 5.73 Å². The SMILES string of the molecule is NCc1nnn(Cc2ccccc2)c1N.O=P(O)(O)O. The minimum Gasteiger partial charge on any atom is -0.382 e. The fourth-order valence-electron chi connectivity index (χ4n) is 1.37. The number of aromatic nitrogens is 3. The number of nitrogen functional groups attached to an aromatic ring is 1. The van der Waals surface area contributed by atoms with Crippen LogP contribution in [0.2, 0.25) is 0 Å². The molecule has 20 heavy (non-hydrogen) atoms. The van der Waals surface area contributed by atoms with Crippen molar-refractivity contribution < 1.29 is 19.2 Å². The first-order valence-corrected chi connectivity index (χ1v) is 7.08. The topological polar surface area (TPSA) is 161 Å². The Hall–Kier alpha value is -1.77. The third-order valence-corrected chi connectivity index (χ3v) is 2.22. The van der Waals surface area contributed by atoms with Gasteiger partial charge in [0.2, 0.25) is 0 Å². The molecular formula is C10H16N5O4P. The number of rotatable bonds is 3. The van der Waals surface area contributed by atoms with Crippen LogP contribution in [0.3, 0.4) is 0 Å². The molecule has 7 N–H and O–H groups in total. The number of nitrogens with zero attached hydrogens (tertiary/aromatic N) is 3. The molecule has 9 nitrogen and oxygen atoms in total. The molecule has 10 heteroatoms. The van der Waals surface area contributed by atoms with Crippen LogP contribution in [0.25, 0.3) is 0 Å². The van der Waals surface area contributed by atoms with Gasteiger partial charge >= 0.3 is 7.82 Å². The van der Waals surface area contributed by atoms with Gasteiger partial charge in [0, 0.05) is 6.54 Å². The molecular weight excluding hydrogens is 285 g/mol. The highest BCUT2D eigenvalue weighted by atomic mass is 31.2. The third-order valence-electron chi connectivity index (χ3n) is 2.22. The Labute approximate surface area is 115 Å². The summed E-state index contributed by atoms with van der Waals surface area (Å²) in [6, 6.07) is 9.96. The van der Waals surface area contributed by atoms with E-state index in [0.29, 0.717) is 24.6 Å². The minimum absolute atomic E-state index is 0.320. The highest BCUT2D eigenvalue weighted by Gasteiger charge is 2.07. The van der Waals surface area contributed by atoms with Crippen LogP contribution in [-0.2, 0) is 17.7 Å². The summed E-state index contributed by atoms with van der Waals surface area (Å²) in [7, 11) is -4.64. The van der Waals surface area contributed by atoms with Gasteiger partial charge in [-0.1, -0.05) is 35.5 Å². The molecule has 0 spiro atoms. The summed E-state index contributed by atoms with van der Waals surface area (Å²) < 4.78 is 10.5. The van der Waals surface area contributed by atoms with Crippen molar-refractivity contribution in [3.63, 3.8) is 0 Å². The van der Waals surface area contributed by atoms with Crippen LogP contribution < -0.4 is 11.5 Å². The Balaban J connectivity index is 0.000000347. The average molecular weight is 301 g/mol. The van der Waals surface area contributed by atoms with Crippen LogP contribution in [0.5, 0.6) is 0 Å². The fraction of sp³-hybridized carbons (Fsp3) is 0.200. The van der Waals surface area contributed by atoms with Crippen LogP contribution in [0.15, 0.2) is 30.3 Å². The van der Waals surface area contributed by atoms with E-state index < -0.39 is 7.82 Å². The first kappa shape index (κ1) is 16.3. The fourth-order valence-corrected chi connectivity index (χ4v) is 1.37. The monoisotopic (exact) mass is 301 g/mol. The zero-order valence-corrected chi connectivity index (χ0v) is 11.4. The van der Waals surface area contributed by atoms with Crippen molar-refractivity contribution in [2.45, 2.75) is 13.1 Å².